The van der Waals surface area contributed by atoms with Crippen molar-refractivity contribution < 1.29 is 4.79 Å². The first-order valence-corrected chi connectivity index (χ1v) is 9.25. The number of nitrogens with one attached hydrogen (secondary N) is 1. The lowest BCUT2D eigenvalue weighted by molar-refractivity contribution is -0.122. The maximum atomic E-state index is 12.3. The number of halogens is 1. The summed E-state index contributed by atoms with van der Waals surface area (Å²) in [5.41, 5.74) is 1.19. The number of rotatable bonds is 5. The third-order valence-corrected chi connectivity index (χ3v) is 5.53. The van der Waals surface area contributed by atoms with E-state index in [-0.39, 0.29) is 18.0 Å². The molecule has 26 heavy (non-hydrogen) atoms. The summed E-state index contributed by atoms with van der Waals surface area (Å²) >= 11 is 5.90. The summed E-state index contributed by atoms with van der Waals surface area (Å²) in [7, 11) is 0. The molecule has 1 saturated carbocycles. The molecule has 1 amide bonds. The highest BCUT2D eigenvalue weighted by molar-refractivity contribution is 6.30. The van der Waals surface area contributed by atoms with Crippen molar-refractivity contribution in [2.75, 3.05) is 6.54 Å². The lowest BCUT2D eigenvalue weighted by atomic mass is 9.94. The summed E-state index contributed by atoms with van der Waals surface area (Å²) in [4.78, 5) is 24.3. The molecular weight excluding hydrogens is 350 g/mol. The van der Waals surface area contributed by atoms with Crippen molar-refractivity contribution >= 4 is 17.5 Å². The fraction of sp³-hybridized carbons (Fsp3) is 0.350. The van der Waals surface area contributed by atoms with Crippen LogP contribution < -0.4 is 10.9 Å². The number of carbonyl (C=O) groups is 1. The van der Waals surface area contributed by atoms with Crippen molar-refractivity contribution in [1.82, 2.24) is 15.1 Å². The predicted molar refractivity (Wildman–Crippen MR) is 101 cm³/mol. The van der Waals surface area contributed by atoms with Crippen molar-refractivity contribution in [1.29, 1.82) is 0 Å². The molecule has 0 unspecified atom stereocenters. The van der Waals surface area contributed by atoms with Gasteiger partial charge in [-0.3, -0.25) is 9.59 Å². The Balaban J connectivity index is 1.41. The number of allylic oxidation sites excluding steroid dienone is 2. The first-order chi connectivity index (χ1) is 12.6. The summed E-state index contributed by atoms with van der Waals surface area (Å²) in [6.45, 7) is 0.590. The molecule has 2 bridgehead atoms. The maximum absolute atomic E-state index is 12.3. The molecule has 0 spiro atoms. The minimum atomic E-state index is -0.291. The lowest BCUT2D eigenvalue weighted by Crippen LogP contribution is -2.36. The number of aromatic nitrogens is 2. The van der Waals surface area contributed by atoms with Crippen LogP contribution in [0, 0.1) is 17.8 Å². The normalized spacial score (nSPS) is 23.3. The molecule has 134 valence electrons. The van der Waals surface area contributed by atoms with Crippen LogP contribution in [-0.2, 0) is 11.3 Å². The molecule has 1 aromatic heterocycles. The highest BCUT2D eigenvalue weighted by atomic mass is 35.5. The molecule has 1 heterocycles. The Labute approximate surface area is 156 Å². The number of amides is 1. The van der Waals surface area contributed by atoms with Gasteiger partial charge in [0.05, 0.1) is 5.69 Å². The molecule has 0 saturated heterocycles. The zero-order chi connectivity index (χ0) is 18.1. The molecule has 1 aromatic carbocycles. The van der Waals surface area contributed by atoms with Crippen LogP contribution >= 0.6 is 11.6 Å². The minimum Gasteiger partial charge on any atom is -0.354 e. The average Bonchev–Trinajstić information content (AvgIpc) is 3.26. The van der Waals surface area contributed by atoms with Crippen molar-refractivity contribution in [3.8, 4) is 11.3 Å². The molecule has 4 rings (SSSR count). The third-order valence-electron chi connectivity index (χ3n) is 5.28. The van der Waals surface area contributed by atoms with E-state index in [0.29, 0.717) is 35.0 Å². The van der Waals surface area contributed by atoms with Gasteiger partial charge in [-0.1, -0.05) is 35.9 Å². The highest BCUT2D eigenvalue weighted by Gasteiger charge is 2.35. The number of fused-ring (bicyclic) bond motifs is 2. The van der Waals surface area contributed by atoms with Gasteiger partial charge >= 0.3 is 0 Å². The lowest BCUT2D eigenvalue weighted by Gasteiger charge is -2.18. The summed E-state index contributed by atoms with van der Waals surface area (Å²) < 4.78 is 1.21. The fourth-order valence-electron chi connectivity index (χ4n) is 3.90. The van der Waals surface area contributed by atoms with Gasteiger partial charge in [0.1, 0.15) is 6.54 Å². The van der Waals surface area contributed by atoms with Gasteiger partial charge in [0, 0.05) is 23.2 Å². The van der Waals surface area contributed by atoms with Gasteiger partial charge < -0.3 is 5.32 Å². The van der Waals surface area contributed by atoms with Crippen LogP contribution in [-0.4, -0.2) is 22.2 Å². The van der Waals surface area contributed by atoms with E-state index in [1.165, 1.54) is 17.2 Å². The summed E-state index contributed by atoms with van der Waals surface area (Å²) in [6.07, 6.45) is 6.91. The molecule has 3 atom stereocenters. The van der Waals surface area contributed by atoms with Gasteiger partial charge in [0.2, 0.25) is 5.91 Å². The first-order valence-electron chi connectivity index (χ1n) is 8.87. The summed E-state index contributed by atoms with van der Waals surface area (Å²) in [5, 5.41) is 7.92. The molecule has 1 N–H and O–H groups in total. The molecule has 2 aliphatic rings. The second-order valence-electron chi connectivity index (χ2n) is 7.07. The predicted octanol–water partition coefficient (Wildman–Crippen LogP) is 2.89. The van der Waals surface area contributed by atoms with Gasteiger partial charge in [0.15, 0.2) is 0 Å². The van der Waals surface area contributed by atoms with Gasteiger partial charge in [-0.25, -0.2) is 4.68 Å². The molecule has 2 aliphatic carbocycles. The Kier molecular flexibility index (Phi) is 4.64. The van der Waals surface area contributed by atoms with Gasteiger partial charge in [-0.05, 0) is 48.8 Å². The van der Waals surface area contributed by atoms with Crippen molar-refractivity contribution in [3.05, 3.63) is 63.9 Å². The van der Waals surface area contributed by atoms with Crippen LogP contribution in [0.25, 0.3) is 11.3 Å². The quantitative estimate of drug-likeness (QED) is 0.824. The molecule has 2 aromatic rings. The van der Waals surface area contributed by atoms with E-state index in [9.17, 15) is 9.59 Å². The molecule has 1 fully saturated rings. The smallest absolute Gasteiger partial charge is 0.267 e. The Bertz CT molecular complexity index is 904. The van der Waals surface area contributed by atoms with E-state index in [0.717, 1.165) is 12.0 Å². The highest BCUT2D eigenvalue weighted by Crippen LogP contribution is 2.42. The van der Waals surface area contributed by atoms with Gasteiger partial charge in [-0.15, -0.1) is 0 Å². The van der Waals surface area contributed by atoms with E-state index < -0.39 is 0 Å². The monoisotopic (exact) mass is 369 g/mol. The third kappa shape index (κ3) is 3.58. The minimum absolute atomic E-state index is 0.0725. The van der Waals surface area contributed by atoms with Crippen LogP contribution in [0.15, 0.2) is 53.3 Å². The zero-order valence-corrected chi connectivity index (χ0v) is 15.0. The second kappa shape index (κ2) is 7.08. The molecular formula is C20H20ClN3O2. The van der Waals surface area contributed by atoms with Crippen LogP contribution in [0.2, 0.25) is 5.02 Å². The number of hydrogen-bond donors (Lipinski definition) is 1. The van der Waals surface area contributed by atoms with E-state index in [1.54, 1.807) is 18.2 Å². The SMILES string of the molecule is O=C(Cn1nc(-c2ccc(Cl)cc2)ccc1=O)NC[C@H]1C[C@@H]2C=C[C@H]1C2. The Hall–Kier alpha value is -2.40. The average molecular weight is 370 g/mol. The second-order valence-corrected chi connectivity index (χ2v) is 7.50. The van der Waals surface area contributed by atoms with Crippen LogP contribution in [0.4, 0.5) is 0 Å². The van der Waals surface area contributed by atoms with E-state index in [1.807, 2.05) is 12.1 Å². The Morgan fingerprint density at radius 2 is 1.96 bits per heavy atom. The molecule has 6 heteroatoms. The van der Waals surface area contributed by atoms with Crippen LogP contribution in [0.1, 0.15) is 12.8 Å². The molecule has 0 aliphatic heterocycles. The number of benzene rings is 1. The van der Waals surface area contributed by atoms with Crippen LogP contribution in [0.3, 0.4) is 0 Å². The van der Waals surface area contributed by atoms with E-state index >= 15 is 0 Å². The Morgan fingerprint density at radius 1 is 1.15 bits per heavy atom. The van der Waals surface area contributed by atoms with Crippen LogP contribution in [0.5, 0.6) is 0 Å². The van der Waals surface area contributed by atoms with E-state index in [4.69, 9.17) is 11.6 Å². The van der Waals surface area contributed by atoms with E-state index in [2.05, 4.69) is 22.6 Å². The maximum Gasteiger partial charge on any atom is 0.267 e. The first kappa shape index (κ1) is 17.0. The number of carbonyl (C=O) groups excluding carboxylic acids is 1. The fourth-order valence-corrected chi connectivity index (χ4v) is 4.03. The molecule has 0 radical (unpaired) electrons. The topological polar surface area (TPSA) is 64.0 Å². The number of hydrogen-bond acceptors (Lipinski definition) is 3. The van der Waals surface area contributed by atoms with Crippen molar-refractivity contribution in [2.24, 2.45) is 17.8 Å². The Morgan fingerprint density at radius 3 is 2.65 bits per heavy atom. The zero-order valence-electron chi connectivity index (χ0n) is 14.3. The largest absolute Gasteiger partial charge is 0.354 e. The standard InChI is InChI=1S/C20H20ClN3O2/c21-17-5-3-14(4-6-17)18-7-8-20(26)24(23-18)12-19(25)22-11-16-10-13-1-2-15(16)9-13/h1-8,13,15-16H,9-12H2,(H,22,25)/t13-,15+,16-/m1/s1. The summed E-state index contributed by atoms with van der Waals surface area (Å²) in [5.74, 6) is 1.61. The number of nitrogens with zero attached hydrogens (tertiary/aromatic N) is 2. The summed E-state index contributed by atoms with van der Waals surface area (Å²) in [6, 6.07) is 10.3. The molecule has 5 nitrogen and oxygen atoms in total. The van der Waals surface area contributed by atoms with Gasteiger partial charge in [-0.2, -0.15) is 5.10 Å². The van der Waals surface area contributed by atoms with Gasteiger partial charge in [0.25, 0.3) is 5.56 Å². The van der Waals surface area contributed by atoms with Crippen molar-refractivity contribution in [3.63, 3.8) is 0 Å². The van der Waals surface area contributed by atoms with Crippen molar-refractivity contribution in [2.45, 2.75) is 19.4 Å².